The van der Waals surface area contributed by atoms with E-state index in [2.05, 4.69) is 0 Å². The van der Waals surface area contributed by atoms with Gasteiger partial charge in [0.25, 0.3) is 0 Å². The van der Waals surface area contributed by atoms with Gasteiger partial charge in [-0.1, -0.05) is 0 Å². The molecule has 0 saturated carbocycles. The van der Waals surface area contributed by atoms with Crippen LogP contribution in [0.3, 0.4) is 0 Å². The van der Waals surface area contributed by atoms with Gasteiger partial charge in [-0.25, -0.2) is 4.79 Å². The van der Waals surface area contributed by atoms with E-state index in [-0.39, 0.29) is 14.9 Å². The Morgan fingerprint density at radius 1 is 1.43 bits per heavy atom. The second kappa shape index (κ2) is 4.43. The molecule has 0 heterocycles. The molecule has 14 heavy (non-hydrogen) atoms. The van der Waals surface area contributed by atoms with Crippen LogP contribution in [0.4, 0.5) is 0 Å². The van der Waals surface area contributed by atoms with Crippen molar-refractivity contribution >= 4 is 57.4 Å². The first kappa shape index (κ1) is 11.7. The van der Waals surface area contributed by atoms with Crippen molar-refractivity contribution in [2.24, 2.45) is 0 Å². The number of aldehydes is 1. The summed E-state index contributed by atoms with van der Waals surface area (Å²) in [7, 11) is 0. The molecule has 1 rings (SSSR count). The monoisotopic (exact) mass is 418 g/mol. The quantitative estimate of drug-likeness (QED) is 0.571. The van der Waals surface area contributed by atoms with Crippen molar-refractivity contribution < 1.29 is 19.8 Å². The van der Waals surface area contributed by atoms with Crippen molar-refractivity contribution in [3.8, 4) is 5.75 Å². The van der Waals surface area contributed by atoms with Gasteiger partial charge in [-0.3, -0.25) is 4.79 Å². The first-order chi connectivity index (χ1) is 6.49. The number of benzene rings is 1. The molecule has 0 aliphatic carbocycles. The Labute approximate surface area is 107 Å². The van der Waals surface area contributed by atoms with Crippen LogP contribution >= 0.6 is 45.2 Å². The van der Waals surface area contributed by atoms with Crippen LogP contribution in [-0.2, 0) is 0 Å². The molecule has 0 aromatic heterocycles. The average Bonchev–Trinajstić information content (AvgIpc) is 2.12. The molecule has 0 spiro atoms. The summed E-state index contributed by atoms with van der Waals surface area (Å²) in [6, 6.07) is 1.27. The Balaban J connectivity index is 3.55. The summed E-state index contributed by atoms with van der Waals surface area (Å²) in [5.74, 6) is -1.57. The number of carbonyl (C=O) groups excluding carboxylic acids is 1. The minimum Gasteiger partial charge on any atom is -0.506 e. The van der Waals surface area contributed by atoms with Gasteiger partial charge in [0, 0.05) is 9.13 Å². The summed E-state index contributed by atoms with van der Waals surface area (Å²) in [5, 5.41) is 18.2. The largest absolute Gasteiger partial charge is 0.506 e. The number of carboxylic acid groups (broad SMARTS) is 1. The SMILES string of the molecule is O=Cc1c(I)cc(C(=O)O)c(O)c1I. The van der Waals surface area contributed by atoms with Crippen LogP contribution in [-0.4, -0.2) is 22.5 Å². The zero-order chi connectivity index (χ0) is 10.9. The lowest BCUT2D eigenvalue weighted by Crippen LogP contribution is -2.02. The highest BCUT2D eigenvalue weighted by atomic mass is 127. The van der Waals surface area contributed by atoms with Gasteiger partial charge < -0.3 is 10.2 Å². The van der Waals surface area contributed by atoms with Gasteiger partial charge in [-0.2, -0.15) is 0 Å². The third-order valence-corrected chi connectivity index (χ3v) is 3.56. The summed E-state index contributed by atoms with van der Waals surface area (Å²) < 4.78 is 0.777. The molecule has 1 aromatic carbocycles. The second-order valence-electron chi connectivity index (χ2n) is 2.41. The van der Waals surface area contributed by atoms with Gasteiger partial charge in [-0.05, 0) is 51.2 Å². The highest BCUT2D eigenvalue weighted by molar-refractivity contribution is 14.1. The minimum atomic E-state index is -1.21. The van der Waals surface area contributed by atoms with Gasteiger partial charge in [0.15, 0.2) is 6.29 Å². The number of halogens is 2. The molecule has 4 nitrogen and oxygen atoms in total. The van der Waals surface area contributed by atoms with E-state index < -0.39 is 5.97 Å². The molecule has 1 aromatic rings. The molecule has 0 saturated heterocycles. The molecule has 0 radical (unpaired) electrons. The predicted octanol–water partition coefficient (Wildman–Crippen LogP) is 2.11. The maximum absolute atomic E-state index is 10.7. The van der Waals surface area contributed by atoms with Crippen LogP contribution in [0.1, 0.15) is 20.7 Å². The van der Waals surface area contributed by atoms with Crippen molar-refractivity contribution in [1.82, 2.24) is 0 Å². The van der Waals surface area contributed by atoms with Crippen LogP contribution in [0.2, 0.25) is 0 Å². The Morgan fingerprint density at radius 3 is 2.43 bits per heavy atom. The zero-order valence-corrected chi connectivity index (χ0v) is 10.9. The highest BCUT2D eigenvalue weighted by Crippen LogP contribution is 2.30. The molecular formula is C8H4I2O4. The number of carboxylic acids is 1. The van der Waals surface area contributed by atoms with Gasteiger partial charge in [-0.15, -0.1) is 0 Å². The van der Waals surface area contributed by atoms with Crippen LogP contribution in [0.15, 0.2) is 6.07 Å². The van der Waals surface area contributed by atoms with Crippen LogP contribution in [0.5, 0.6) is 5.75 Å². The van der Waals surface area contributed by atoms with Gasteiger partial charge in [0.2, 0.25) is 0 Å². The van der Waals surface area contributed by atoms with Crippen molar-refractivity contribution in [3.05, 3.63) is 24.3 Å². The summed E-state index contributed by atoms with van der Waals surface area (Å²) in [5.41, 5.74) is 0.123. The van der Waals surface area contributed by atoms with Crippen molar-refractivity contribution in [2.45, 2.75) is 0 Å². The summed E-state index contributed by atoms with van der Waals surface area (Å²) >= 11 is 3.59. The third kappa shape index (κ3) is 2.00. The van der Waals surface area contributed by atoms with Crippen molar-refractivity contribution in [2.75, 3.05) is 0 Å². The first-order valence-electron chi connectivity index (χ1n) is 3.38. The molecule has 0 aliphatic rings. The van der Waals surface area contributed by atoms with E-state index in [0.29, 0.717) is 15.4 Å². The normalized spacial score (nSPS) is 9.86. The molecule has 0 amide bonds. The number of rotatable bonds is 2. The Morgan fingerprint density at radius 2 is 2.00 bits per heavy atom. The van der Waals surface area contributed by atoms with Gasteiger partial charge in [0.05, 0.1) is 3.57 Å². The van der Waals surface area contributed by atoms with E-state index in [1.165, 1.54) is 6.07 Å². The van der Waals surface area contributed by atoms with Crippen LogP contribution in [0, 0.1) is 7.14 Å². The van der Waals surface area contributed by atoms with Crippen molar-refractivity contribution in [1.29, 1.82) is 0 Å². The zero-order valence-electron chi connectivity index (χ0n) is 6.62. The number of phenols is 1. The Hall–Kier alpha value is -0.380. The van der Waals surface area contributed by atoms with Gasteiger partial charge >= 0.3 is 5.97 Å². The molecule has 0 aliphatic heterocycles. The Kier molecular flexibility index (Phi) is 3.70. The molecule has 2 N–H and O–H groups in total. The van der Waals surface area contributed by atoms with E-state index in [0.717, 1.165) is 0 Å². The number of carbonyl (C=O) groups is 2. The fourth-order valence-electron chi connectivity index (χ4n) is 0.895. The molecule has 74 valence electrons. The third-order valence-electron chi connectivity index (χ3n) is 1.58. The first-order valence-corrected chi connectivity index (χ1v) is 5.54. The smallest absolute Gasteiger partial charge is 0.339 e. The Bertz CT molecular complexity index is 414. The van der Waals surface area contributed by atoms with E-state index in [1.54, 1.807) is 22.6 Å². The maximum Gasteiger partial charge on any atom is 0.339 e. The lowest BCUT2D eigenvalue weighted by molar-refractivity contribution is 0.0693. The van der Waals surface area contributed by atoms with E-state index in [9.17, 15) is 14.7 Å². The summed E-state index contributed by atoms with van der Waals surface area (Å²) in [6.07, 6.45) is 0.592. The molecule has 0 atom stereocenters. The lowest BCUT2D eigenvalue weighted by Gasteiger charge is -2.06. The van der Waals surface area contributed by atoms with Crippen LogP contribution in [0.25, 0.3) is 0 Å². The van der Waals surface area contributed by atoms with E-state index in [1.807, 2.05) is 22.6 Å². The van der Waals surface area contributed by atoms with E-state index in [4.69, 9.17) is 5.11 Å². The lowest BCUT2D eigenvalue weighted by atomic mass is 10.1. The van der Waals surface area contributed by atoms with Gasteiger partial charge in [0.1, 0.15) is 11.3 Å². The van der Waals surface area contributed by atoms with E-state index >= 15 is 0 Å². The average molecular weight is 418 g/mol. The number of hydrogen-bond acceptors (Lipinski definition) is 3. The second-order valence-corrected chi connectivity index (χ2v) is 4.65. The minimum absolute atomic E-state index is 0.190. The number of aromatic carboxylic acids is 1. The molecular weight excluding hydrogens is 414 g/mol. The maximum atomic E-state index is 10.7. The standard InChI is InChI=1S/C8H4I2O4/c9-5-1-3(8(13)14)7(12)6(10)4(5)2-11/h1-2,12H,(H,13,14). The highest BCUT2D eigenvalue weighted by Gasteiger charge is 2.18. The predicted molar refractivity (Wildman–Crippen MR) is 65.9 cm³/mol. The molecule has 0 fully saturated rings. The fraction of sp³-hybridized carbons (Fsp3) is 0. The fourth-order valence-corrected chi connectivity index (χ4v) is 2.83. The van der Waals surface area contributed by atoms with Crippen LogP contribution < -0.4 is 0 Å². The summed E-state index contributed by atoms with van der Waals surface area (Å²) in [4.78, 5) is 21.3. The summed E-state index contributed by atoms with van der Waals surface area (Å²) in [6.45, 7) is 0. The molecule has 0 bridgehead atoms. The number of hydrogen-bond donors (Lipinski definition) is 2. The molecule has 6 heteroatoms. The topological polar surface area (TPSA) is 74.6 Å². The molecule has 0 unspecified atom stereocenters. The van der Waals surface area contributed by atoms with Crippen molar-refractivity contribution in [3.63, 3.8) is 0 Å². The number of aromatic hydroxyl groups is 1.